The number of aliphatic imine (C=N–C) groups is 1. The second-order valence-corrected chi connectivity index (χ2v) is 14.2. The van der Waals surface area contributed by atoms with Gasteiger partial charge in [-0.25, -0.2) is 0 Å². The first kappa shape index (κ1) is 29.4. The van der Waals surface area contributed by atoms with E-state index < -0.39 is 0 Å². The first-order valence-electron chi connectivity index (χ1n) is 18.4. The van der Waals surface area contributed by atoms with E-state index in [0.717, 1.165) is 94.1 Å². The predicted octanol–water partition coefficient (Wildman–Crippen LogP) is 13.5. The molecule has 12 rings (SSSR count). The number of aromatic nitrogens is 1. The molecule has 4 heteroatoms. The molecule has 0 bridgehead atoms. The fourth-order valence-electron chi connectivity index (χ4n) is 8.90. The van der Waals surface area contributed by atoms with Gasteiger partial charge in [0.05, 0.1) is 34.0 Å². The van der Waals surface area contributed by atoms with E-state index >= 15 is 0 Å². The Hall–Kier alpha value is -7.17. The number of para-hydroxylation sites is 3. The molecule has 0 spiro atoms. The molecule has 0 amide bonds. The molecule has 8 aromatic carbocycles. The van der Waals surface area contributed by atoms with Crippen molar-refractivity contribution in [2.45, 2.75) is 5.92 Å². The number of fused-ring (bicyclic) bond motifs is 11. The van der Waals surface area contributed by atoms with Crippen LogP contribution >= 0.6 is 0 Å². The van der Waals surface area contributed by atoms with Crippen molar-refractivity contribution in [3.63, 3.8) is 0 Å². The van der Waals surface area contributed by atoms with E-state index in [1.807, 2.05) is 12.1 Å². The molecular weight excluding hydrogens is 661 g/mol. The zero-order valence-electron chi connectivity index (χ0n) is 29.0. The summed E-state index contributed by atoms with van der Waals surface area (Å²) in [7, 11) is 0. The molecule has 0 radical (unpaired) electrons. The van der Waals surface area contributed by atoms with Crippen LogP contribution in [0, 0.1) is 0 Å². The van der Waals surface area contributed by atoms with Gasteiger partial charge in [-0.1, -0.05) is 127 Å². The van der Waals surface area contributed by atoms with Gasteiger partial charge < -0.3 is 13.4 Å². The van der Waals surface area contributed by atoms with Crippen LogP contribution in [0.2, 0.25) is 0 Å². The second kappa shape index (κ2) is 11.2. The smallest absolute Gasteiger partial charge is 0.160 e. The third-order valence-electron chi connectivity index (χ3n) is 11.3. The number of benzene rings is 8. The van der Waals surface area contributed by atoms with Gasteiger partial charge in [0.25, 0.3) is 0 Å². The topological polar surface area (TPSA) is 43.6 Å². The zero-order valence-corrected chi connectivity index (χ0v) is 29.0. The Bertz CT molecular complexity index is 3320. The molecule has 0 saturated carbocycles. The van der Waals surface area contributed by atoms with Crippen molar-refractivity contribution in [3.8, 4) is 16.8 Å². The van der Waals surface area contributed by atoms with Crippen molar-refractivity contribution >= 4 is 77.1 Å². The van der Waals surface area contributed by atoms with E-state index in [4.69, 9.17) is 13.8 Å². The SMILES string of the molecule is c1ccc(C2=Nc3ccccc3C2c2ccc(-c3cccc4oc5cc(-n6c7ccccc7c7ccc8c9ccccc9oc8c76)ccc5c34)cc2)cc1. The van der Waals surface area contributed by atoms with E-state index in [0.29, 0.717) is 0 Å². The Morgan fingerprint density at radius 1 is 0.481 bits per heavy atom. The third kappa shape index (κ3) is 4.16. The fourth-order valence-corrected chi connectivity index (χ4v) is 8.90. The van der Waals surface area contributed by atoms with Gasteiger partial charge in [-0.05, 0) is 70.3 Å². The lowest BCUT2D eigenvalue weighted by Crippen LogP contribution is -2.11. The summed E-state index contributed by atoms with van der Waals surface area (Å²) in [6, 6.07) is 62.3. The Morgan fingerprint density at radius 2 is 1.22 bits per heavy atom. The van der Waals surface area contributed by atoms with Crippen LogP contribution in [-0.4, -0.2) is 10.3 Å². The summed E-state index contributed by atoms with van der Waals surface area (Å²) in [5, 5.41) is 6.79. The first-order chi connectivity index (χ1) is 26.8. The molecule has 1 aliphatic heterocycles. The van der Waals surface area contributed by atoms with E-state index in [2.05, 4.69) is 168 Å². The van der Waals surface area contributed by atoms with Crippen LogP contribution in [0.4, 0.5) is 5.69 Å². The number of furan rings is 2. The maximum absolute atomic E-state index is 6.67. The Balaban J connectivity index is 0.995. The molecule has 3 aromatic heterocycles. The maximum atomic E-state index is 6.67. The summed E-state index contributed by atoms with van der Waals surface area (Å²) in [5.74, 6) is 0.0725. The average Bonchev–Trinajstić information content (AvgIpc) is 4.00. The molecule has 11 aromatic rings. The summed E-state index contributed by atoms with van der Waals surface area (Å²) in [6.45, 7) is 0. The molecule has 1 atom stereocenters. The van der Waals surface area contributed by atoms with Crippen molar-refractivity contribution in [3.05, 3.63) is 193 Å². The molecule has 252 valence electrons. The summed E-state index contributed by atoms with van der Waals surface area (Å²) >= 11 is 0. The van der Waals surface area contributed by atoms with Crippen molar-refractivity contribution in [2.24, 2.45) is 4.99 Å². The standard InChI is InChI=1S/C50H30N2O2/c1-2-11-32(12-3-1)48-46(39-15-4-7-17-41(39)51-48)31-23-21-30(22-24-31)34-16-10-20-44-47(34)40-26-25-33(29-45(40)53-44)52-42-18-8-5-13-35(42)37-27-28-38-36-14-6-9-19-43(36)54-50(38)49(37)52/h1-29,46H. The Morgan fingerprint density at radius 3 is 2.13 bits per heavy atom. The van der Waals surface area contributed by atoms with Crippen LogP contribution in [0.15, 0.2) is 190 Å². The average molecular weight is 691 g/mol. The normalized spacial score (nSPS) is 14.2. The lowest BCUT2D eigenvalue weighted by Gasteiger charge is -2.16. The highest BCUT2D eigenvalue weighted by atomic mass is 16.3. The highest BCUT2D eigenvalue weighted by Gasteiger charge is 2.29. The minimum Gasteiger partial charge on any atom is -0.456 e. The fraction of sp³-hybridized carbons (Fsp3) is 0.0200. The Kier molecular flexibility index (Phi) is 6.08. The summed E-state index contributed by atoms with van der Waals surface area (Å²) in [4.78, 5) is 5.11. The predicted molar refractivity (Wildman–Crippen MR) is 222 cm³/mol. The van der Waals surface area contributed by atoms with Crippen molar-refractivity contribution in [2.75, 3.05) is 0 Å². The van der Waals surface area contributed by atoms with E-state index in [-0.39, 0.29) is 5.92 Å². The van der Waals surface area contributed by atoms with Gasteiger partial charge in [-0.15, -0.1) is 0 Å². The van der Waals surface area contributed by atoms with E-state index in [1.54, 1.807) is 0 Å². The molecule has 0 aliphatic carbocycles. The summed E-state index contributed by atoms with van der Waals surface area (Å²) in [5.41, 5.74) is 14.8. The highest BCUT2D eigenvalue weighted by Crippen LogP contribution is 2.44. The number of hydrogen-bond donors (Lipinski definition) is 0. The molecule has 0 N–H and O–H groups in total. The van der Waals surface area contributed by atoms with E-state index in [1.165, 1.54) is 16.5 Å². The minimum absolute atomic E-state index is 0.0725. The second-order valence-electron chi connectivity index (χ2n) is 14.2. The van der Waals surface area contributed by atoms with Crippen LogP contribution < -0.4 is 0 Å². The third-order valence-corrected chi connectivity index (χ3v) is 11.3. The molecule has 1 unspecified atom stereocenters. The van der Waals surface area contributed by atoms with E-state index in [9.17, 15) is 0 Å². The van der Waals surface area contributed by atoms with Gasteiger partial charge >= 0.3 is 0 Å². The van der Waals surface area contributed by atoms with Crippen LogP contribution in [0.1, 0.15) is 22.6 Å². The molecule has 4 nitrogen and oxygen atoms in total. The van der Waals surface area contributed by atoms with Gasteiger partial charge in [0.1, 0.15) is 16.7 Å². The van der Waals surface area contributed by atoms with Crippen molar-refractivity contribution in [1.82, 2.24) is 4.57 Å². The van der Waals surface area contributed by atoms with Crippen LogP contribution in [-0.2, 0) is 0 Å². The summed E-state index contributed by atoms with van der Waals surface area (Å²) < 4.78 is 15.6. The molecule has 54 heavy (non-hydrogen) atoms. The van der Waals surface area contributed by atoms with Crippen LogP contribution in [0.5, 0.6) is 0 Å². The monoisotopic (exact) mass is 690 g/mol. The molecule has 4 heterocycles. The molecular formula is C50H30N2O2. The summed E-state index contributed by atoms with van der Waals surface area (Å²) in [6.07, 6.45) is 0. The Labute approximate surface area is 309 Å². The first-order valence-corrected chi connectivity index (χ1v) is 18.4. The lowest BCUT2D eigenvalue weighted by molar-refractivity contribution is 0.668. The van der Waals surface area contributed by atoms with Gasteiger partial charge in [0.2, 0.25) is 0 Å². The zero-order chi connectivity index (χ0) is 35.3. The number of nitrogens with zero attached hydrogens (tertiary/aromatic N) is 2. The van der Waals surface area contributed by atoms with Crippen LogP contribution in [0.3, 0.4) is 0 Å². The van der Waals surface area contributed by atoms with Crippen molar-refractivity contribution in [1.29, 1.82) is 0 Å². The van der Waals surface area contributed by atoms with Gasteiger partial charge in [-0.3, -0.25) is 4.99 Å². The van der Waals surface area contributed by atoms with Gasteiger partial charge in [0, 0.05) is 38.4 Å². The van der Waals surface area contributed by atoms with Crippen LogP contribution in [0.25, 0.3) is 82.5 Å². The largest absolute Gasteiger partial charge is 0.456 e. The molecule has 1 aliphatic rings. The van der Waals surface area contributed by atoms with Gasteiger partial charge in [0.15, 0.2) is 5.58 Å². The number of hydrogen-bond acceptors (Lipinski definition) is 3. The number of rotatable bonds is 4. The molecule has 0 fully saturated rings. The lowest BCUT2D eigenvalue weighted by atomic mass is 9.85. The quantitative estimate of drug-likeness (QED) is 0.184. The maximum Gasteiger partial charge on any atom is 0.160 e. The molecule has 0 saturated heterocycles. The minimum atomic E-state index is 0.0725. The van der Waals surface area contributed by atoms with Gasteiger partial charge in [-0.2, -0.15) is 0 Å². The highest BCUT2D eigenvalue weighted by molar-refractivity contribution is 6.22. The van der Waals surface area contributed by atoms with Crippen molar-refractivity contribution < 1.29 is 8.83 Å².